The van der Waals surface area contributed by atoms with Crippen LogP contribution in [0.2, 0.25) is 0 Å². The summed E-state index contributed by atoms with van der Waals surface area (Å²) in [6.45, 7) is 0. The molecular formula is C13H8F2N2. The Morgan fingerprint density at radius 1 is 1.12 bits per heavy atom. The molecule has 1 aromatic carbocycles. The molecule has 2 nitrogen and oxygen atoms in total. The lowest BCUT2D eigenvalue weighted by molar-refractivity contribution is 0.546. The predicted molar refractivity (Wildman–Crippen MR) is 58.1 cm³/mol. The van der Waals surface area contributed by atoms with Gasteiger partial charge in [-0.25, -0.2) is 9.37 Å². The Balaban J connectivity index is 2.38. The Bertz CT molecular complexity index is 588. The van der Waals surface area contributed by atoms with Crippen LogP contribution in [0, 0.1) is 23.1 Å². The molecule has 0 radical (unpaired) electrons. The average molecular weight is 230 g/mol. The number of hydrogen-bond donors (Lipinski definition) is 0. The maximum Gasteiger partial charge on any atom is 0.213 e. The Hall–Kier alpha value is -2.28. The van der Waals surface area contributed by atoms with Crippen molar-refractivity contribution in [1.29, 1.82) is 5.26 Å². The number of hydrogen-bond acceptors (Lipinski definition) is 2. The van der Waals surface area contributed by atoms with Crippen LogP contribution >= 0.6 is 0 Å². The molecule has 17 heavy (non-hydrogen) atoms. The molecule has 0 aliphatic carbocycles. The summed E-state index contributed by atoms with van der Waals surface area (Å²) in [6.07, 6.45) is 0.104. The molecule has 1 aromatic heterocycles. The fraction of sp³-hybridized carbons (Fsp3) is 0.0769. The topological polar surface area (TPSA) is 36.7 Å². The number of nitriles is 1. The van der Waals surface area contributed by atoms with E-state index in [0.717, 1.165) is 12.1 Å². The molecule has 0 unspecified atom stereocenters. The largest absolute Gasteiger partial charge is 0.221 e. The molecule has 0 atom stereocenters. The SMILES string of the molecule is N#Cc1ccccc1Cc1nc(F)ccc1F. The first-order valence-electron chi connectivity index (χ1n) is 4.99. The summed E-state index contributed by atoms with van der Waals surface area (Å²) in [5.41, 5.74) is 1.08. The van der Waals surface area contributed by atoms with E-state index in [0.29, 0.717) is 11.1 Å². The lowest BCUT2D eigenvalue weighted by Gasteiger charge is -2.04. The molecule has 2 rings (SSSR count). The highest BCUT2D eigenvalue weighted by Crippen LogP contribution is 2.15. The average Bonchev–Trinajstić information content (AvgIpc) is 2.34. The third-order valence-electron chi connectivity index (χ3n) is 2.38. The molecule has 0 aliphatic heterocycles. The molecule has 0 saturated carbocycles. The Morgan fingerprint density at radius 2 is 1.88 bits per heavy atom. The number of aromatic nitrogens is 1. The molecule has 0 amide bonds. The quantitative estimate of drug-likeness (QED) is 0.744. The first-order valence-corrected chi connectivity index (χ1v) is 4.99. The number of rotatable bonds is 2. The van der Waals surface area contributed by atoms with Gasteiger partial charge in [-0.15, -0.1) is 0 Å². The Labute approximate surface area is 97.2 Å². The molecule has 0 bridgehead atoms. The molecule has 2 aromatic rings. The molecule has 4 heteroatoms. The first kappa shape index (κ1) is 11.2. The van der Waals surface area contributed by atoms with Crippen molar-refractivity contribution >= 4 is 0 Å². The minimum atomic E-state index is -0.726. The normalized spacial score (nSPS) is 9.94. The van der Waals surface area contributed by atoms with Crippen LogP contribution in [0.15, 0.2) is 36.4 Å². The lowest BCUT2D eigenvalue weighted by Crippen LogP contribution is -2.00. The summed E-state index contributed by atoms with van der Waals surface area (Å²) in [7, 11) is 0. The smallest absolute Gasteiger partial charge is 0.213 e. The van der Waals surface area contributed by atoms with Crippen molar-refractivity contribution in [3.8, 4) is 6.07 Å². The van der Waals surface area contributed by atoms with Crippen molar-refractivity contribution in [2.75, 3.05) is 0 Å². The van der Waals surface area contributed by atoms with E-state index in [-0.39, 0.29) is 12.1 Å². The van der Waals surface area contributed by atoms with E-state index < -0.39 is 11.8 Å². The predicted octanol–water partition coefficient (Wildman–Crippen LogP) is 2.82. The standard InChI is InChI=1S/C13H8F2N2/c14-11-5-6-13(15)17-12(11)7-9-3-1-2-4-10(9)8-16/h1-6H,7H2. The van der Waals surface area contributed by atoms with Crippen LogP contribution in [0.4, 0.5) is 8.78 Å². The Morgan fingerprint density at radius 3 is 2.65 bits per heavy atom. The second-order valence-corrected chi connectivity index (χ2v) is 3.51. The summed E-state index contributed by atoms with van der Waals surface area (Å²) < 4.78 is 26.3. The highest BCUT2D eigenvalue weighted by molar-refractivity contribution is 5.39. The van der Waals surface area contributed by atoms with Crippen molar-refractivity contribution < 1.29 is 8.78 Å². The van der Waals surface area contributed by atoms with Gasteiger partial charge in [0.1, 0.15) is 5.82 Å². The highest BCUT2D eigenvalue weighted by atomic mass is 19.1. The van der Waals surface area contributed by atoms with E-state index in [1.165, 1.54) is 0 Å². The summed E-state index contributed by atoms with van der Waals surface area (Å²) in [4.78, 5) is 3.49. The zero-order valence-corrected chi connectivity index (χ0v) is 8.82. The summed E-state index contributed by atoms with van der Waals surface area (Å²) in [6, 6.07) is 10.8. The highest BCUT2D eigenvalue weighted by Gasteiger charge is 2.09. The zero-order chi connectivity index (χ0) is 12.3. The molecule has 84 valence electrons. The minimum absolute atomic E-state index is 0.00713. The van der Waals surface area contributed by atoms with Gasteiger partial charge in [0.25, 0.3) is 0 Å². The molecule has 0 fully saturated rings. The summed E-state index contributed by atoms with van der Waals surface area (Å²) in [5.74, 6) is -1.30. The van der Waals surface area contributed by atoms with Crippen molar-refractivity contribution in [3.05, 3.63) is 65.0 Å². The molecule has 1 heterocycles. The van der Waals surface area contributed by atoms with Crippen LogP contribution in [0.3, 0.4) is 0 Å². The van der Waals surface area contributed by atoms with Gasteiger partial charge in [-0.3, -0.25) is 0 Å². The van der Waals surface area contributed by atoms with Crippen LogP contribution < -0.4 is 0 Å². The van der Waals surface area contributed by atoms with Crippen LogP contribution in [-0.4, -0.2) is 4.98 Å². The number of halogens is 2. The van der Waals surface area contributed by atoms with Gasteiger partial charge in [-0.05, 0) is 23.8 Å². The monoisotopic (exact) mass is 230 g/mol. The van der Waals surface area contributed by atoms with Gasteiger partial charge in [0, 0.05) is 6.42 Å². The van der Waals surface area contributed by atoms with Crippen molar-refractivity contribution in [1.82, 2.24) is 4.98 Å². The maximum absolute atomic E-state index is 13.4. The van der Waals surface area contributed by atoms with Gasteiger partial charge in [-0.2, -0.15) is 9.65 Å². The van der Waals surface area contributed by atoms with Crippen LogP contribution in [0.1, 0.15) is 16.8 Å². The molecule has 0 spiro atoms. The molecule has 0 saturated heterocycles. The fourth-order valence-corrected chi connectivity index (χ4v) is 1.55. The van der Waals surface area contributed by atoms with Gasteiger partial charge >= 0.3 is 0 Å². The number of pyridine rings is 1. The summed E-state index contributed by atoms with van der Waals surface area (Å²) in [5, 5.41) is 8.88. The zero-order valence-electron chi connectivity index (χ0n) is 8.82. The van der Waals surface area contributed by atoms with E-state index in [1.807, 2.05) is 6.07 Å². The minimum Gasteiger partial charge on any atom is -0.221 e. The van der Waals surface area contributed by atoms with E-state index in [9.17, 15) is 8.78 Å². The summed E-state index contributed by atoms with van der Waals surface area (Å²) >= 11 is 0. The van der Waals surface area contributed by atoms with E-state index in [1.54, 1.807) is 24.3 Å². The van der Waals surface area contributed by atoms with E-state index >= 15 is 0 Å². The van der Waals surface area contributed by atoms with Crippen molar-refractivity contribution in [2.24, 2.45) is 0 Å². The third-order valence-corrected chi connectivity index (χ3v) is 2.38. The van der Waals surface area contributed by atoms with Gasteiger partial charge < -0.3 is 0 Å². The van der Waals surface area contributed by atoms with Crippen LogP contribution in [0.25, 0.3) is 0 Å². The van der Waals surface area contributed by atoms with Crippen molar-refractivity contribution in [2.45, 2.75) is 6.42 Å². The van der Waals surface area contributed by atoms with Crippen molar-refractivity contribution in [3.63, 3.8) is 0 Å². The van der Waals surface area contributed by atoms with Crippen LogP contribution in [0.5, 0.6) is 0 Å². The molecule has 0 aliphatic rings. The van der Waals surface area contributed by atoms with Gasteiger partial charge in [0.05, 0.1) is 17.3 Å². The van der Waals surface area contributed by atoms with Gasteiger partial charge in [-0.1, -0.05) is 18.2 Å². The van der Waals surface area contributed by atoms with Gasteiger partial charge in [0.15, 0.2) is 0 Å². The molecular weight excluding hydrogens is 222 g/mol. The number of benzene rings is 1. The third kappa shape index (κ3) is 2.45. The maximum atomic E-state index is 13.4. The fourth-order valence-electron chi connectivity index (χ4n) is 1.55. The Kier molecular flexibility index (Phi) is 3.10. The van der Waals surface area contributed by atoms with Crippen LogP contribution in [-0.2, 0) is 6.42 Å². The van der Waals surface area contributed by atoms with Gasteiger partial charge in [0.2, 0.25) is 5.95 Å². The van der Waals surface area contributed by atoms with E-state index in [2.05, 4.69) is 4.98 Å². The first-order chi connectivity index (χ1) is 8.20. The number of nitrogens with zero attached hydrogens (tertiary/aromatic N) is 2. The second kappa shape index (κ2) is 4.71. The second-order valence-electron chi connectivity index (χ2n) is 3.51. The molecule has 0 N–H and O–H groups in total. The van der Waals surface area contributed by atoms with E-state index in [4.69, 9.17) is 5.26 Å². The lowest BCUT2D eigenvalue weighted by atomic mass is 10.0.